The third-order valence-corrected chi connectivity index (χ3v) is 4.44. The second-order valence-corrected chi connectivity index (χ2v) is 6.11. The summed E-state index contributed by atoms with van der Waals surface area (Å²) < 4.78 is 5.75. The second-order valence-electron chi connectivity index (χ2n) is 5.33. The molecular formula is C14H20N2O2S. The minimum absolute atomic E-state index is 0.0485. The predicted molar refractivity (Wildman–Crippen MR) is 75.2 cm³/mol. The monoisotopic (exact) mass is 280 g/mol. The number of thiophene rings is 1. The zero-order chi connectivity index (χ0) is 13.1. The molecule has 1 atom stereocenters. The lowest BCUT2D eigenvalue weighted by Crippen LogP contribution is -2.45. The van der Waals surface area contributed by atoms with Crippen LogP contribution >= 0.6 is 11.3 Å². The Kier molecular flexibility index (Phi) is 4.15. The first-order valence-electron chi connectivity index (χ1n) is 6.95. The first-order chi connectivity index (χ1) is 9.33. The minimum Gasteiger partial charge on any atom is -0.370 e. The van der Waals surface area contributed by atoms with Gasteiger partial charge in [0.05, 0.1) is 19.7 Å². The molecule has 2 fully saturated rings. The van der Waals surface area contributed by atoms with Crippen LogP contribution in [0.2, 0.25) is 0 Å². The molecule has 2 heterocycles. The number of rotatable bonds is 5. The van der Waals surface area contributed by atoms with E-state index in [0.29, 0.717) is 26.2 Å². The first-order valence-corrected chi connectivity index (χ1v) is 7.89. The lowest BCUT2D eigenvalue weighted by atomic mass is 10.1. The number of amides is 1. The molecule has 0 bridgehead atoms. The van der Waals surface area contributed by atoms with Gasteiger partial charge in [0.15, 0.2) is 0 Å². The topological polar surface area (TPSA) is 41.6 Å². The number of nitrogens with one attached hydrogen (secondary N) is 1. The van der Waals surface area contributed by atoms with Crippen molar-refractivity contribution in [3.8, 4) is 0 Å². The normalized spacial score (nSPS) is 23.6. The Bertz CT molecular complexity index is 417. The highest BCUT2D eigenvalue weighted by molar-refractivity contribution is 7.07. The van der Waals surface area contributed by atoms with Gasteiger partial charge in [-0.2, -0.15) is 11.3 Å². The standard InChI is InChI=1S/C14H20N2O2S/c17-14(8-15-7-11-1-2-11)16-4-5-18-13(9-16)12-3-6-19-10-12/h3,6,10-11,13,15H,1-2,4-5,7-9H2. The summed E-state index contributed by atoms with van der Waals surface area (Å²) in [6, 6.07) is 2.08. The number of hydrogen-bond acceptors (Lipinski definition) is 4. The van der Waals surface area contributed by atoms with Gasteiger partial charge in [-0.15, -0.1) is 0 Å². The molecule has 1 aromatic rings. The number of morpholine rings is 1. The Hall–Kier alpha value is -0.910. The van der Waals surface area contributed by atoms with E-state index in [1.807, 2.05) is 4.90 Å². The van der Waals surface area contributed by atoms with Crippen molar-refractivity contribution >= 4 is 17.2 Å². The number of nitrogens with zero attached hydrogens (tertiary/aromatic N) is 1. The molecule has 104 valence electrons. The first kappa shape index (κ1) is 13.1. The molecule has 1 aromatic heterocycles. The van der Waals surface area contributed by atoms with Crippen molar-refractivity contribution in [2.45, 2.75) is 18.9 Å². The van der Waals surface area contributed by atoms with E-state index in [4.69, 9.17) is 4.74 Å². The van der Waals surface area contributed by atoms with E-state index in [-0.39, 0.29) is 12.0 Å². The maximum Gasteiger partial charge on any atom is 0.236 e. The van der Waals surface area contributed by atoms with Crippen LogP contribution in [0.4, 0.5) is 0 Å². The van der Waals surface area contributed by atoms with E-state index in [2.05, 4.69) is 22.1 Å². The molecule has 2 aliphatic rings. The molecule has 1 saturated carbocycles. The highest BCUT2D eigenvalue weighted by atomic mass is 32.1. The summed E-state index contributed by atoms with van der Waals surface area (Å²) in [5.74, 6) is 1.01. The molecule has 0 spiro atoms. The van der Waals surface area contributed by atoms with Crippen LogP contribution in [0, 0.1) is 5.92 Å². The molecule has 1 N–H and O–H groups in total. The third kappa shape index (κ3) is 3.55. The fourth-order valence-electron chi connectivity index (χ4n) is 2.35. The van der Waals surface area contributed by atoms with Gasteiger partial charge in [0.25, 0.3) is 0 Å². The molecule has 1 saturated heterocycles. The van der Waals surface area contributed by atoms with Gasteiger partial charge in [0.1, 0.15) is 6.10 Å². The lowest BCUT2D eigenvalue weighted by Gasteiger charge is -2.32. The van der Waals surface area contributed by atoms with Crippen molar-refractivity contribution in [2.75, 3.05) is 32.8 Å². The van der Waals surface area contributed by atoms with Crippen molar-refractivity contribution in [3.05, 3.63) is 22.4 Å². The molecule has 0 aromatic carbocycles. The highest BCUT2D eigenvalue weighted by Crippen LogP contribution is 2.27. The van der Waals surface area contributed by atoms with E-state index in [9.17, 15) is 4.79 Å². The molecule has 0 radical (unpaired) electrons. The van der Waals surface area contributed by atoms with Crippen LogP contribution in [0.3, 0.4) is 0 Å². The minimum atomic E-state index is 0.0485. The molecule has 1 amide bonds. The van der Waals surface area contributed by atoms with Crippen molar-refractivity contribution in [2.24, 2.45) is 5.92 Å². The van der Waals surface area contributed by atoms with Gasteiger partial charge in [0, 0.05) is 6.54 Å². The zero-order valence-corrected chi connectivity index (χ0v) is 11.8. The summed E-state index contributed by atoms with van der Waals surface area (Å²) in [6.07, 6.45) is 2.69. The summed E-state index contributed by atoms with van der Waals surface area (Å²) in [4.78, 5) is 14.0. The van der Waals surface area contributed by atoms with Gasteiger partial charge in [-0.05, 0) is 47.7 Å². The van der Waals surface area contributed by atoms with Crippen LogP contribution in [0.5, 0.6) is 0 Å². The van der Waals surface area contributed by atoms with E-state index in [1.165, 1.54) is 18.4 Å². The maximum atomic E-state index is 12.1. The van der Waals surface area contributed by atoms with Gasteiger partial charge in [-0.1, -0.05) is 0 Å². The Labute approximate surface area is 117 Å². The van der Waals surface area contributed by atoms with Crippen molar-refractivity contribution in [1.29, 1.82) is 0 Å². The average Bonchev–Trinajstić information content (AvgIpc) is 3.10. The zero-order valence-electron chi connectivity index (χ0n) is 11.0. The van der Waals surface area contributed by atoms with Crippen molar-refractivity contribution in [3.63, 3.8) is 0 Å². The third-order valence-electron chi connectivity index (χ3n) is 3.74. The Morgan fingerprint density at radius 2 is 2.42 bits per heavy atom. The maximum absolute atomic E-state index is 12.1. The fraction of sp³-hybridized carbons (Fsp3) is 0.643. The Morgan fingerprint density at radius 1 is 1.53 bits per heavy atom. The Morgan fingerprint density at radius 3 is 3.16 bits per heavy atom. The summed E-state index contributed by atoms with van der Waals surface area (Å²) in [6.45, 7) is 3.48. The number of ether oxygens (including phenoxy) is 1. The molecular weight excluding hydrogens is 260 g/mol. The molecule has 3 rings (SSSR count). The molecule has 19 heavy (non-hydrogen) atoms. The number of hydrogen-bond donors (Lipinski definition) is 1. The molecule has 1 aliphatic carbocycles. The largest absolute Gasteiger partial charge is 0.370 e. The molecule has 1 aliphatic heterocycles. The number of carbonyl (C=O) groups excluding carboxylic acids is 1. The van der Waals surface area contributed by atoms with Gasteiger partial charge < -0.3 is 15.0 Å². The molecule has 5 heteroatoms. The summed E-state index contributed by atoms with van der Waals surface area (Å²) >= 11 is 1.67. The molecule has 4 nitrogen and oxygen atoms in total. The van der Waals surface area contributed by atoms with Gasteiger partial charge in [0.2, 0.25) is 5.91 Å². The lowest BCUT2D eigenvalue weighted by molar-refractivity contribution is -0.138. The SMILES string of the molecule is O=C(CNCC1CC1)N1CCOC(c2ccsc2)C1. The van der Waals surface area contributed by atoms with E-state index in [1.54, 1.807) is 11.3 Å². The predicted octanol–water partition coefficient (Wildman–Crippen LogP) is 1.65. The fourth-order valence-corrected chi connectivity index (χ4v) is 3.05. The van der Waals surface area contributed by atoms with E-state index < -0.39 is 0 Å². The number of carbonyl (C=O) groups is 1. The second kappa shape index (κ2) is 6.03. The summed E-state index contributed by atoms with van der Waals surface area (Å²) in [5.41, 5.74) is 1.19. The van der Waals surface area contributed by atoms with E-state index in [0.717, 1.165) is 12.5 Å². The summed E-state index contributed by atoms with van der Waals surface area (Å²) in [7, 11) is 0. The highest BCUT2D eigenvalue weighted by Gasteiger charge is 2.26. The average molecular weight is 280 g/mol. The van der Waals surface area contributed by atoms with Crippen LogP contribution < -0.4 is 5.32 Å². The quantitative estimate of drug-likeness (QED) is 0.891. The van der Waals surface area contributed by atoms with Crippen LogP contribution in [0.25, 0.3) is 0 Å². The van der Waals surface area contributed by atoms with Crippen molar-refractivity contribution in [1.82, 2.24) is 10.2 Å². The van der Waals surface area contributed by atoms with Gasteiger partial charge in [-0.25, -0.2) is 0 Å². The van der Waals surface area contributed by atoms with Crippen LogP contribution in [0.15, 0.2) is 16.8 Å². The summed E-state index contributed by atoms with van der Waals surface area (Å²) in [5, 5.41) is 7.42. The van der Waals surface area contributed by atoms with Crippen LogP contribution in [-0.2, 0) is 9.53 Å². The van der Waals surface area contributed by atoms with Crippen molar-refractivity contribution < 1.29 is 9.53 Å². The van der Waals surface area contributed by atoms with E-state index >= 15 is 0 Å². The molecule has 1 unspecified atom stereocenters. The van der Waals surface area contributed by atoms with Crippen LogP contribution in [-0.4, -0.2) is 43.6 Å². The Balaban J connectivity index is 1.48. The van der Waals surface area contributed by atoms with Gasteiger partial charge >= 0.3 is 0 Å². The van der Waals surface area contributed by atoms with Crippen LogP contribution in [0.1, 0.15) is 24.5 Å². The van der Waals surface area contributed by atoms with Gasteiger partial charge in [-0.3, -0.25) is 4.79 Å². The smallest absolute Gasteiger partial charge is 0.236 e.